The third kappa shape index (κ3) is 2.75. The zero-order valence-electron chi connectivity index (χ0n) is 6.66. The highest BCUT2D eigenvalue weighted by atomic mass is 16.6. The van der Waals surface area contributed by atoms with Crippen LogP contribution in [0.5, 0.6) is 0 Å². The number of rotatable bonds is 3. The third-order valence-electron chi connectivity index (χ3n) is 2.01. The number of hydrogen-bond donors (Lipinski definition) is 1. The van der Waals surface area contributed by atoms with E-state index in [0.29, 0.717) is 39.3 Å². The molecular weight excluding hydrogens is 146 g/mol. The molecule has 0 aromatic rings. The lowest BCUT2D eigenvalue weighted by Crippen LogP contribution is -2.51. The van der Waals surface area contributed by atoms with Crippen LogP contribution in [0.1, 0.15) is 6.42 Å². The summed E-state index contributed by atoms with van der Waals surface area (Å²) in [6.07, 6.45) is 0.601. The van der Waals surface area contributed by atoms with Crippen molar-refractivity contribution < 1.29 is 14.5 Å². The Hall–Kier alpha value is -0.160. The number of ether oxygens (including phenoxy) is 1. The van der Waals surface area contributed by atoms with Crippen molar-refractivity contribution in [2.45, 2.75) is 6.42 Å². The van der Waals surface area contributed by atoms with E-state index in [1.807, 2.05) is 0 Å². The van der Waals surface area contributed by atoms with Gasteiger partial charge in [-0.15, -0.1) is 0 Å². The van der Waals surface area contributed by atoms with Gasteiger partial charge in [0.2, 0.25) is 0 Å². The van der Waals surface area contributed by atoms with Crippen LogP contribution in [0.4, 0.5) is 0 Å². The average molecular weight is 161 g/mol. The third-order valence-corrected chi connectivity index (χ3v) is 2.01. The van der Waals surface area contributed by atoms with Crippen molar-refractivity contribution in [2.24, 2.45) is 0 Å². The van der Waals surface area contributed by atoms with E-state index in [1.54, 1.807) is 0 Å². The molecule has 0 aromatic carbocycles. The summed E-state index contributed by atoms with van der Waals surface area (Å²) >= 11 is 0. The fourth-order valence-electron chi connectivity index (χ4n) is 1.26. The number of nitrogens with zero attached hydrogens (tertiary/aromatic N) is 1. The first kappa shape index (κ1) is 8.93. The van der Waals surface area contributed by atoms with E-state index in [2.05, 4.69) is 0 Å². The van der Waals surface area contributed by atoms with Crippen LogP contribution in [0.25, 0.3) is 0 Å². The van der Waals surface area contributed by atoms with Crippen LogP contribution < -0.4 is 0 Å². The summed E-state index contributed by atoms with van der Waals surface area (Å²) in [4.78, 5) is 0. The molecule has 0 unspecified atom stereocenters. The highest BCUT2D eigenvalue weighted by Crippen LogP contribution is 2.09. The lowest BCUT2D eigenvalue weighted by Gasteiger charge is -2.45. The van der Waals surface area contributed by atoms with Crippen molar-refractivity contribution in [1.82, 2.24) is 0 Å². The molecule has 0 aliphatic carbocycles. The molecule has 0 bridgehead atoms. The van der Waals surface area contributed by atoms with Gasteiger partial charge in [0.1, 0.15) is 13.1 Å². The molecule has 1 rings (SSSR count). The largest absolute Gasteiger partial charge is 0.633 e. The van der Waals surface area contributed by atoms with Gasteiger partial charge in [0.25, 0.3) is 0 Å². The molecule has 1 aliphatic rings. The van der Waals surface area contributed by atoms with E-state index in [0.717, 1.165) is 0 Å². The molecule has 0 atom stereocenters. The standard InChI is InChI=1S/C7H15NO3/c9-5-1-2-8(10)3-6-11-7-4-8/h9H,1-7H2. The maximum Gasteiger partial charge on any atom is 0.102 e. The van der Waals surface area contributed by atoms with E-state index in [9.17, 15) is 5.21 Å². The molecule has 4 heteroatoms. The van der Waals surface area contributed by atoms with Crippen molar-refractivity contribution in [2.75, 3.05) is 39.5 Å². The van der Waals surface area contributed by atoms with Gasteiger partial charge in [0.05, 0.1) is 19.8 Å². The molecule has 66 valence electrons. The van der Waals surface area contributed by atoms with Gasteiger partial charge in [-0.3, -0.25) is 0 Å². The van der Waals surface area contributed by atoms with Gasteiger partial charge in [-0.1, -0.05) is 0 Å². The predicted octanol–water partition coefficient (Wildman–Crippen LogP) is -0.286. The first-order chi connectivity index (χ1) is 5.27. The Morgan fingerprint density at radius 1 is 1.36 bits per heavy atom. The van der Waals surface area contributed by atoms with Gasteiger partial charge in [0, 0.05) is 13.0 Å². The minimum atomic E-state index is -0.180. The summed E-state index contributed by atoms with van der Waals surface area (Å²) in [6.45, 7) is 2.85. The Morgan fingerprint density at radius 3 is 2.55 bits per heavy atom. The molecular formula is C7H15NO3. The zero-order chi connectivity index (χ0) is 8.16. The minimum absolute atomic E-state index is 0.114. The SMILES string of the molecule is [O-][N+]1(CCCO)CCOCC1. The molecule has 1 heterocycles. The van der Waals surface area contributed by atoms with E-state index < -0.39 is 0 Å². The monoisotopic (exact) mass is 161 g/mol. The normalized spacial score (nSPS) is 23.5. The number of quaternary nitrogens is 1. The zero-order valence-corrected chi connectivity index (χ0v) is 6.66. The first-order valence-electron chi connectivity index (χ1n) is 4.02. The summed E-state index contributed by atoms with van der Waals surface area (Å²) in [5.74, 6) is 0. The van der Waals surface area contributed by atoms with Crippen molar-refractivity contribution in [3.8, 4) is 0 Å². The van der Waals surface area contributed by atoms with Crippen LogP contribution >= 0.6 is 0 Å². The molecule has 1 fully saturated rings. The van der Waals surface area contributed by atoms with Gasteiger partial charge >= 0.3 is 0 Å². The summed E-state index contributed by atoms with van der Waals surface area (Å²) in [5.41, 5.74) is 0. The van der Waals surface area contributed by atoms with Crippen LogP contribution in [0.3, 0.4) is 0 Å². The van der Waals surface area contributed by atoms with Gasteiger partial charge in [-0.2, -0.15) is 0 Å². The highest BCUT2D eigenvalue weighted by Gasteiger charge is 2.19. The summed E-state index contributed by atoms with van der Waals surface area (Å²) < 4.78 is 4.89. The number of aliphatic hydroxyl groups excluding tert-OH is 1. The van der Waals surface area contributed by atoms with Crippen LogP contribution in [0, 0.1) is 5.21 Å². The molecule has 0 aromatic heterocycles. The predicted molar refractivity (Wildman–Crippen MR) is 40.8 cm³/mol. The van der Waals surface area contributed by atoms with E-state index in [1.165, 1.54) is 0 Å². The van der Waals surface area contributed by atoms with E-state index in [4.69, 9.17) is 9.84 Å². The Balaban J connectivity index is 2.25. The molecule has 1 aliphatic heterocycles. The summed E-state index contributed by atoms with van der Waals surface area (Å²) in [6, 6.07) is 0. The van der Waals surface area contributed by atoms with Crippen molar-refractivity contribution in [3.63, 3.8) is 0 Å². The van der Waals surface area contributed by atoms with Crippen LogP contribution in [-0.4, -0.2) is 49.2 Å². The fourth-order valence-corrected chi connectivity index (χ4v) is 1.26. The molecule has 1 N–H and O–H groups in total. The van der Waals surface area contributed by atoms with Gasteiger partial charge < -0.3 is 19.7 Å². The molecule has 0 radical (unpaired) electrons. The molecule has 1 saturated heterocycles. The Labute approximate surface area is 66.5 Å². The Kier molecular flexibility index (Phi) is 3.26. The van der Waals surface area contributed by atoms with Crippen molar-refractivity contribution in [3.05, 3.63) is 5.21 Å². The van der Waals surface area contributed by atoms with Crippen molar-refractivity contribution >= 4 is 0 Å². The Bertz CT molecular complexity index is 112. The maximum absolute atomic E-state index is 11.6. The minimum Gasteiger partial charge on any atom is -0.633 e. The topological polar surface area (TPSA) is 52.5 Å². The lowest BCUT2D eigenvalue weighted by atomic mass is 10.3. The van der Waals surface area contributed by atoms with Gasteiger partial charge in [-0.25, -0.2) is 0 Å². The van der Waals surface area contributed by atoms with Crippen molar-refractivity contribution in [1.29, 1.82) is 0 Å². The lowest BCUT2D eigenvalue weighted by molar-refractivity contribution is -0.888. The maximum atomic E-state index is 11.6. The molecule has 0 saturated carbocycles. The number of aliphatic hydroxyl groups is 1. The molecule has 4 nitrogen and oxygen atoms in total. The second kappa shape index (κ2) is 4.01. The average Bonchev–Trinajstić information content (AvgIpc) is 2.03. The van der Waals surface area contributed by atoms with Gasteiger partial charge in [0.15, 0.2) is 0 Å². The van der Waals surface area contributed by atoms with Gasteiger partial charge in [-0.05, 0) is 0 Å². The molecule has 11 heavy (non-hydrogen) atoms. The summed E-state index contributed by atoms with van der Waals surface area (Å²) in [7, 11) is 0. The van der Waals surface area contributed by atoms with Crippen LogP contribution in [-0.2, 0) is 4.74 Å². The smallest absolute Gasteiger partial charge is 0.102 e. The molecule has 0 amide bonds. The first-order valence-corrected chi connectivity index (χ1v) is 4.02. The quantitative estimate of drug-likeness (QED) is 0.457. The Morgan fingerprint density at radius 2 is 2.00 bits per heavy atom. The summed E-state index contributed by atoms with van der Waals surface area (Å²) in [5, 5.41) is 20.2. The van der Waals surface area contributed by atoms with Crippen LogP contribution in [0.2, 0.25) is 0 Å². The van der Waals surface area contributed by atoms with Crippen LogP contribution in [0.15, 0.2) is 0 Å². The number of hydrogen-bond acceptors (Lipinski definition) is 3. The number of hydroxylamine groups is 3. The highest BCUT2D eigenvalue weighted by molar-refractivity contribution is 4.50. The second-order valence-corrected chi connectivity index (χ2v) is 2.92. The number of morpholine rings is 1. The molecule has 0 spiro atoms. The second-order valence-electron chi connectivity index (χ2n) is 2.92. The fraction of sp³-hybridized carbons (Fsp3) is 1.00. The van der Waals surface area contributed by atoms with E-state index in [-0.39, 0.29) is 11.3 Å². The van der Waals surface area contributed by atoms with E-state index >= 15 is 0 Å².